The molecule has 0 unspecified atom stereocenters. The van der Waals surface area contributed by atoms with Gasteiger partial charge in [-0.25, -0.2) is 0 Å². The predicted octanol–water partition coefficient (Wildman–Crippen LogP) is 1.75. The van der Waals surface area contributed by atoms with Crippen molar-refractivity contribution in [1.29, 1.82) is 0 Å². The molecule has 0 saturated carbocycles. The number of anilines is 1. The molecule has 0 aliphatic rings. The van der Waals surface area contributed by atoms with E-state index in [4.69, 9.17) is 0 Å². The molecule has 0 heterocycles. The number of nitrogens with zero attached hydrogens (tertiary/aromatic N) is 1. The van der Waals surface area contributed by atoms with Crippen molar-refractivity contribution in [1.82, 2.24) is 5.32 Å². The zero-order valence-corrected chi connectivity index (χ0v) is 8.91. The molecule has 1 rings (SSSR count). The van der Waals surface area contributed by atoms with Crippen LogP contribution in [0.15, 0.2) is 18.2 Å². The van der Waals surface area contributed by atoms with Crippen molar-refractivity contribution >= 4 is 11.4 Å². The van der Waals surface area contributed by atoms with Crippen LogP contribution in [0.1, 0.15) is 12.5 Å². The summed E-state index contributed by atoms with van der Waals surface area (Å²) in [5, 5.41) is 16.7. The van der Waals surface area contributed by atoms with Gasteiger partial charge in [0.25, 0.3) is 5.69 Å². The van der Waals surface area contributed by atoms with Gasteiger partial charge in [-0.2, -0.15) is 0 Å². The molecule has 5 nitrogen and oxygen atoms in total. The number of nitro groups is 1. The molecule has 5 heteroatoms. The minimum Gasteiger partial charge on any atom is -0.383 e. The highest BCUT2D eigenvalue weighted by Crippen LogP contribution is 2.24. The molecule has 2 N–H and O–H groups in total. The van der Waals surface area contributed by atoms with Gasteiger partial charge in [0.1, 0.15) is 5.69 Å². The van der Waals surface area contributed by atoms with Gasteiger partial charge in [-0.1, -0.05) is 13.0 Å². The lowest BCUT2D eigenvalue weighted by Crippen LogP contribution is -2.12. The number of rotatable bonds is 5. The zero-order valence-electron chi connectivity index (χ0n) is 8.91. The van der Waals surface area contributed by atoms with Crippen LogP contribution in [0.25, 0.3) is 0 Å². The Kier molecular flexibility index (Phi) is 4.05. The molecule has 0 aliphatic carbocycles. The van der Waals surface area contributed by atoms with E-state index in [1.54, 1.807) is 19.2 Å². The van der Waals surface area contributed by atoms with Gasteiger partial charge in [-0.05, 0) is 18.2 Å². The van der Waals surface area contributed by atoms with Gasteiger partial charge in [0.2, 0.25) is 0 Å². The predicted molar refractivity (Wildman–Crippen MR) is 60.0 cm³/mol. The topological polar surface area (TPSA) is 67.2 Å². The van der Waals surface area contributed by atoms with E-state index in [0.717, 1.165) is 12.1 Å². The maximum absolute atomic E-state index is 10.8. The lowest BCUT2D eigenvalue weighted by atomic mass is 10.1. The molecule has 0 aliphatic heterocycles. The molecule has 0 fully saturated rings. The van der Waals surface area contributed by atoms with Crippen LogP contribution >= 0.6 is 0 Å². The summed E-state index contributed by atoms with van der Waals surface area (Å²) in [5.74, 6) is 0. The molecule has 15 heavy (non-hydrogen) atoms. The third-order valence-corrected chi connectivity index (χ3v) is 2.11. The van der Waals surface area contributed by atoms with E-state index in [1.165, 1.54) is 0 Å². The lowest BCUT2D eigenvalue weighted by molar-refractivity contribution is -0.384. The molecule has 1 aromatic rings. The molecule has 0 radical (unpaired) electrons. The van der Waals surface area contributed by atoms with Crippen LogP contribution in [0.3, 0.4) is 0 Å². The SMILES string of the molecule is CCNCc1ccc(NC)c([N+](=O)[O-])c1. The van der Waals surface area contributed by atoms with Gasteiger partial charge < -0.3 is 10.6 Å². The lowest BCUT2D eigenvalue weighted by Gasteiger charge is -2.05. The average molecular weight is 209 g/mol. The van der Waals surface area contributed by atoms with E-state index in [2.05, 4.69) is 10.6 Å². The first-order valence-electron chi connectivity index (χ1n) is 4.84. The fraction of sp³-hybridized carbons (Fsp3) is 0.400. The van der Waals surface area contributed by atoms with Gasteiger partial charge in [0.15, 0.2) is 0 Å². The van der Waals surface area contributed by atoms with E-state index in [-0.39, 0.29) is 10.6 Å². The van der Waals surface area contributed by atoms with E-state index in [9.17, 15) is 10.1 Å². The van der Waals surface area contributed by atoms with Gasteiger partial charge in [0.05, 0.1) is 4.92 Å². The van der Waals surface area contributed by atoms with Gasteiger partial charge in [0, 0.05) is 19.7 Å². The largest absolute Gasteiger partial charge is 0.383 e. The fourth-order valence-electron chi connectivity index (χ4n) is 1.32. The van der Waals surface area contributed by atoms with Crippen molar-refractivity contribution in [3.63, 3.8) is 0 Å². The summed E-state index contributed by atoms with van der Waals surface area (Å²) in [5.41, 5.74) is 1.58. The maximum Gasteiger partial charge on any atom is 0.292 e. The Hall–Kier alpha value is -1.62. The maximum atomic E-state index is 10.8. The Balaban J connectivity index is 2.94. The van der Waals surface area contributed by atoms with Crippen molar-refractivity contribution < 1.29 is 4.92 Å². The second-order valence-electron chi connectivity index (χ2n) is 3.14. The third-order valence-electron chi connectivity index (χ3n) is 2.11. The van der Waals surface area contributed by atoms with Crippen molar-refractivity contribution in [3.05, 3.63) is 33.9 Å². The van der Waals surface area contributed by atoms with Crippen LogP contribution < -0.4 is 10.6 Å². The summed E-state index contributed by atoms with van der Waals surface area (Å²) in [6.07, 6.45) is 0. The van der Waals surface area contributed by atoms with Crippen molar-refractivity contribution in [3.8, 4) is 0 Å². The Morgan fingerprint density at radius 1 is 1.47 bits per heavy atom. The van der Waals surface area contributed by atoms with Crippen LogP contribution in [0.4, 0.5) is 11.4 Å². The molecule has 0 saturated heterocycles. The van der Waals surface area contributed by atoms with E-state index in [0.29, 0.717) is 12.2 Å². The first-order valence-corrected chi connectivity index (χ1v) is 4.84. The highest BCUT2D eigenvalue weighted by Gasteiger charge is 2.12. The fourth-order valence-corrected chi connectivity index (χ4v) is 1.32. The first kappa shape index (κ1) is 11.5. The second-order valence-corrected chi connectivity index (χ2v) is 3.14. The second kappa shape index (κ2) is 5.31. The standard InChI is InChI=1S/C10H15N3O2/c1-3-12-7-8-4-5-9(11-2)10(6-8)13(14)15/h4-6,11-12H,3,7H2,1-2H3. The number of nitro benzene ring substituents is 1. The summed E-state index contributed by atoms with van der Waals surface area (Å²) in [6, 6.07) is 5.20. The summed E-state index contributed by atoms with van der Waals surface area (Å²) in [6.45, 7) is 3.50. The minimum atomic E-state index is -0.374. The molecule has 0 aromatic heterocycles. The molecule has 0 bridgehead atoms. The Morgan fingerprint density at radius 2 is 2.20 bits per heavy atom. The summed E-state index contributed by atoms with van der Waals surface area (Å²) in [4.78, 5) is 10.4. The quantitative estimate of drug-likeness (QED) is 0.572. The number of hydrogen-bond acceptors (Lipinski definition) is 4. The van der Waals surface area contributed by atoms with Crippen LogP contribution in [0.2, 0.25) is 0 Å². The zero-order chi connectivity index (χ0) is 11.3. The molecule has 0 atom stereocenters. The third kappa shape index (κ3) is 2.92. The molecular formula is C10H15N3O2. The van der Waals surface area contributed by atoms with E-state index < -0.39 is 0 Å². The summed E-state index contributed by atoms with van der Waals surface area (Å²) < 4.78 is 0. The monoisotopic (exact) mass is 209 g/mol. The minimum absolute atomic E-state index is 0.118. The summed E-state index contributed by atoms with van der Waals surface area (Å²) in [7, 11) is 1.67. The highest BCUT2D eigenvalue weighted by atomic mass is 16.6. The van der Waals surface area contributed by atoms with Crippen molar-refractivity contribution in [2.45, 2.75) is 13.5 Å². The highest BCUT2D eigenvalue weighted by molar-refractivity contribution is 5.62. The van der Waals surface area contributed by atoms with Crippen molar-refractivity contribution in [2.75, 3.05) is 18.9 Å². The molecule has 1 aromatic carbocycles. The number of benzene rings is 1. The van der Waals surface area contributed by atoms with Crippen LogP contribution in [-0.4, -0.2) is 18.5 Å². The van der Waals surface area contributed by atoms with E-state index >= 15 is 0 Å². The van der Waals surface area contributed by atoms with Gasteiger partial charge in [-0.15, -0.1) is 0 Å². The average Bonchev–Trinajstić information content (AvgIpc) is 2.25. The molecular weight excluding hydrogens is 194 g/mol. The molecule has 0 amide bonds. The Labute approximate surface area is 88.6 Å². The Bertz CT molecular complexity index is 353. The number of hydrogen-bond donors (Lipinski definition) is 2. The first-order chi connectivity index (χ1) is 7.19. The number of nitrogens with one attached hydrogen (secondary N) is 2. The summed E-state index contributed by atoms with van der Waals surface area (Å²) >= 11 is 0. The van der Waals surface area contributed by atoms with Gasteiger partial charge >= 0.3 is 0 Å². The smallest absolute Gasteiger partial charge is 0.292 e. The van der Waals surface area contributed by atoms with Gasteiger partial charge in [-0.3, -0.25) is 10.1 Å². The van der Waals surface area contributed by atoms with Crippen LogP contribution in [-0.2, 0) is 6.54 Å². The normalized spacial score (nSPS) is 10.0. The van der Waals surface area contributed by atoms with Crippen LogP contribution in [0.5, 0.6) is 0 Å². The molecule has 0 spiro atoms. The van der Waals surface area contributed by atoms with Crippen molar-refractivity contribution in [2.24, 2.45) is 0 Å². The Morgan fingerprint density at radius 3 is 2.73 bits per heavy atom. The van der Waals surface area contributed by atoms with E-state index in [1.807, 2.05) is 13.0 Å². The molecule has 82 valence electrons. The van der Waals surface area contributed by atoms with Crippen LogP contribution in [0, 0.1) is 10.1 Å².